The van der Waals surface area contributed by atoms with Crippen molar-refractivity contribution in [2.75, 3.05) is 36.1 Å². The normalized spacial score (nSPS) is 15.4. The molecule has 0 radical (unpaired) electrons. The van der Waals surface area contributed by atoms with Crippen molar-refractivity contribution < 1.29 is 12.8 Å². The van der Waals surface area contributed by atoms with Gasteiger partial charge in [-0.05, 0) is 70.8 Å². The molecule has 0 saturated carbocycles. The lowest BCUT2D eigenvalue weighted by molar-refractivity contribution is 0.367. The molecule has 164 valence electrons. The highest BCUT2D eigenvalue weighted by Gasteiger charge is 2.23. The minimum absolute atomic E-state index is 0.0568. The van der Waals surface area contributed by atoms with Crippen LogP contribution in [0.3, 0.4) is 0 Å². The van der Waals surface area contributed by atoms with Crippen molar-refractivity contribution in [2.24, 2.45) is 5.92 Å². The molecule has 0 bridgehead atoms. The highest BCUT2D eigenvalue weighted by Crippen LogP contribution is 2.29. The summed E-state index contributed by atoms with van der Waals surface area (Å²) in [6, 6.07) is 4.08. The van der Waals surface area contributed by atoms with Crippen LogP contribution < -0.4 is 15.5 Å². The molecule has 1 aliphatic heterocycles. The van der Waals surface area contributed by atoms with Crippen LogP contribution in [0.15, 0.2) is 29.4 Å². The Balaban J connectivity index is 1.86. The molecular weight excluding hydrogens is 405 g/mol. The monoisotopic (exact) mass is 435 g/mol. The summed E-state index contributed by atoms with van der Waals surface area (Å²) >= 11 is 0. The molecule has 9 heteroatoms. The van der Waals surface area contributed by atoms with E-state index in [1.54, 1.807) is 0 Å². The number of hydrogen-bond acceptors (Lipinski definition) is 7. The molecular formula is C21H30FN5O2S. The highest BCUT2D eigenvalue weighted by molar-refractivity contribution is 7.90. The maximum Gasteiger partial charge on any atom is 0.175 e. The summed E-state index contributed by atoms with van der Waals surface area (Å²) in [6.45, 7) is 9.18. The van der Waals surface area contributed by atoms with Crippen molar-refractivity contribution in [3.8, 4) is 0 Å². The molecule has 1 aromatic carbocycles. The van der Waals surface area contributed by atoms with Crippen LogP contribution >= 0.6 is 0 Å². The van der Waals surface area contributed by atoms with Crippen molar-refractivity contribution >= 4 is 27.2 Å². The Kier molecular flexibility index (Phi) is 6.92. The Morgan fingerprint density at radius 1 is 1.27 bits per heavy atom. The fourth-order valence-electron chi connectivity index (χ4n) is 3.70. The van der Waals surface area contributed by atoms with Gasteiger partial charge in [-0.25, -0.2) is 22.8 Å². The van der Waals surface area contributed by atoms with Crippen LogP contribution in [-0.2, 0) is 9.84 Å². The van der Waals surface area contributed by atoms with Crippen LogP contribution in [-0.4, -0.2) is 50.3 Å². The Morgan fingerprint density at radius 3 is 2.57 bits per heavy atom. The number of halogens is 1. The SMILES string of the molecule is Cc1c(Nc2ccc(S(C)(=O)=O)cc2F)ncnc1N(CC1CCNCC1)C(C)C. The Labute approximate surface area is 178 Å². The molecule has 2 heterocycles. The Morgan fingerprint density at radius 2 is 1.97 bits per heavy atom. The number of hydrogen-bond donors (Lipinski definition) is 2. The zero-order valence-electron chi connectivity index (χ0n) is 17.9. The van der Waals surface area contributed by atoms with E-state index in [2.05, 4.69) is 39.3 Å². The second-order valence-electron chi connectivity index (χ2n) is 8.15. The molecule has 3 rings (SSSR count). The second kappa shape index (κ2) is 9.26. The van der Waals surface area contributed by atoms with Crippen LogP contribution in [0.4, 0.5) is 21.7 Å². The molecule has 0 spiro atoms. The molecule has 1 aromatic heterocycles. The van der Waals surface area contributed by atoms with Gasteiger partial charge >= 0.3 is 0 Å². The summed E-state index contributed by atoms with van der Waals surface area (Å²) in [6.07, 6.45) is 4.80. The van der Waals surface area contributed by atoms with Gasteiger partial charge in [-0.2, -0.15) is 0 Å². The number of rotatable bonds is 7. The number of nitrogens with one attached hydrogen (secondary N) is 2. The maximum atomic E-state index is 14.5. The summed E-state index contributed by atoms with van der Waals surface area (Å²) in [7, 11) is -3.47. The highest BCUT2D eigenvalue weighted by atomic mass is 32.2. The van der Waals surface area contributed by atoms with Crippen LogP contribution in [0.1, 0.15) is 32.3 Å². The van der Waals surface area contributed by atoms with Gasteiger partial charge in [0.2, 0.25) is 0 Å². The number of anilines is 3. The van der Waals surface area contributed by atoms with Crippen molar-refractivity contribution in [2.45, 2.75) is 44.6 Å². The third-order valence-electron chi connectivity index (χ3n) is 5.49. The summed E-state index contributed by atoms with van der Waals surface area (Å²) in [4.78, 5) is 11.0. The van der Waals surface area contributed by atoms with Gasteiger partial charge in [0.1, 0.15) is 23.8 Å². The average Bonchev–Trinajstić information content (AvgIpc) is 2.69. The summed E-state index contributed by atoms with van der Waals surface area (Å²) < 4.78 is 37.8. The van der Waals surface area contributed by atoms with Crippen molar-refractivity contribution in [1.29, 1.82) is 0 Å². The lowest BCUT2D eigenvalue weighted by atomic mass is 9.97. The smallest absolute Gasteiger partial charge is 0.175 e. The summed E-state index contributed by atoms with van der Waals surface area (Å²) in [5.74, 6) is 1.28. The molecule has 0 atom stereocenters. The van der Waals surface area contributed by atoms with E-state index in [9.17, 15) is 12.8 Å². The van der Waals surface area contributed by atoms with Crippen molar-refractivity contribution in [3.05, 3.63) is 35.9 Å². The quantitative estimate of drug-likeness (QED) is 0.690. The summed E-state index contributed by atoms with van der Waals surface area (Å²) in [5.41, 5.74) is 0.997. The van der Waals surface area contributed by atoms with E-state index in [4.69, 9.17) is 0 Å². The zero-order chi connectivity index (χ0) is 21.9. The minimum Gasteiger partial charge on any atom is -0.354 e. The number of nitrogens with zero attached hydrogens (tertiary/aromatic N) is 3. The van der Waals surface area contributed by atoms with Gasteiger partial charge in [-0.15, -0.1) is 0 Å². The minimum atomic E-state index is -3.47. The number of piperidine rings is 1. The lowest BCUT2D eigenvalue weighted by Crippen LogP contribution is -2.40. The van der Waals surface area contributed by atoms with Gasteiger partial charge < -0.3 is 15.5 Å². The predicted octanol–water partition coefficient (Wildman–Crippen LogP) is 3.29. The Bertz CT molecular complexity index is 991. The molecule has 7 nitrogen and oxygen atoms in total. The van der Waals surface area contributed by atoms with Crippen molar-refractivity contribution in [1.82, 2.24) is 15.3 Å². The lowest BCUT2D eigenvalue weighted by Gasteiger charge is -2.34. The van der Waals surface area contributed by atoms with Gasteiger partial charge in [-0.1, -0.05) is 0 Å². The Hall–Kier alpha value is -2.26. The molecule has 2 aromatic rings. The van der Waals surface area contributed by atoms with Crippen LogP contribution in [0.5, 0.6) is 0 Å². The molecule has 0 aliphatic carbocycles. The topological polar surface area (TPSA) is 87.2 Å². The molecule has 30 heavy (non-hydrogen) atoms. The van der Waals surface area contributed by atoms with E-state index in [-0.39, 0.29) is 16.6 Å². The van der Waals surface area contributed by atoms with Gasteiger partial charge in [0, 0.05) is 24.4 Å². The van der Waals surface area contributed by atoms with Gasteiger partial charge in [0.05, 0.1) is 10.6 Å². The van der Waals surface area contributed by atoms with Gasteiger partial charge in [0.25, 0.3) is 0 Å². The van der Waals surface area contributed by atoms with E-state index in [1.807, 2.05) is 6.92 Å². The summed E-state index contributed by atoms with van der Waals surface area (Å²) in [5, 5.41) is 6.40. The van der Waals surface area contributed by atoms with E-state index in [1.165, 1.54) is 18.5 Å². The molecule has 2 N–H and O–H groups in total. The molecule has 1 aliphatic rings. The van der Waals surface area contributed by atoms with Crippen LogP contribution in [0.25, 0.3) is 0 Å². The van der Waals surface area contributed by atoms with Crippen LogP contribution in [0.2, 0.25) is 0 Å². The zero-order valence-corrected chi connectivity index (χ0v) is 18.8. The van der Waals surface area contributed by atoms with Crippen LogP contribution in [0, 0.1) is 18.7 Å². The molecule has 1 saturated heterocycles. The molecule has 0 unspecified atom stereocenters. The maximum absolute atomic E-state index is 14.5. The standard InChI is InChI=1S/C21H30FN5O2S/c1-14(2)27(12-16-7-9-23-10-8-16)21-15(3)20(24-13-25-21)26-19-6-5-17(11-18(19)22)30(4,28)29/h5-6,11,13-14,16,23H,7-10,12H2,1-4H3,(H,24,25,26). The largest absolute Gasteiger partial charge is 0.354 e. The fourth-order valence-corrected chi connectivity index (χ4v) is 4.33. The second-order valence-corrected chi connectivity index (χ2v) is 10.2. The molecule has 0 amide bonds. The van der Waals surface area contributed by atoms with Gasteiger partial charge in [0.15, 0.2) is 9.84 Å². The van der Waals surface area contributed by atoms with E-state index in [0.29, 0.717) is 11.7 Å². The number of sulfone groups is 1. The number of aromatic nitrogens is 2. The number of benzene rings is 1. The fraction of sp³-hybridized carbons (Fsp3) is 0.524. The van der Waals surface area contributed by atoms with E-state index < -0.39 is 15.7 Å². The first kappa shape index (κ1) is 22.4. The molecule has 1 fully saturated rings. The van der Waals surface area contributed by atoms with Gasteiger partial charge in [-0.3, -0.25) is 0 Å². The van der Waals surface area contributed by atoms with E-state index >= 15 is 0 Å². The third-order valence-corrected chi connectivity index (χ3v) is 6.60. The van der Waals surface area contributed by atoms with Crippen molar-refractivity contribution in [3.63, 3.8) is 0 Å². The first-order valence-electron chi connectivity index (χ1n) is 10.2. The average molecular weight is 436 g/mol. The third kappa shape index (κ3) is 5.26. The first-order chi connectivity index (χ1) is 14.2. The first-order valence-corrected chi connectivity index (χ1v) is 12.1. The predicted molar refractivity (Wildman–Crippen MR) is 118 cm³/mol. The van der Waals surface area contributed by atoms with E-state index in [0.717, 1.165) is 56.2 Å².